The van der Waals surface area contributed by atoms with E-state index < -0.39 is 11.8 Å². The van der Waals surface area contributed by atoms with Gasteiger partial charge in [0.05, 0.1) is 23.4 Å². The van der Waals surface area contributed by atoms with E-state index in [0.717, 1.165) is 48.2 Å². The fourth-order valence-electron chi connectivity index (χ4n) is 7.08. The van der Waals surface area contributed by atoms with Crippen molar-refractivity contribution in [3.05, 3.63) is 40.1 Å². The maximum absolute atomic E-state index is 14.3. The van der Waals surface area contributed by atoms with E-state index in [9.17, 15) is 14.4 Å². The van der Waals surface area contributed by atoms with Gasteiger partial charge in [0.15, 0.2) is 0 Å². The summed E-state index contributed by atoms with van der Waals surface area (Å²) in [5, 5.41) is 10.0. The van der Waals surface area contributed by atoms with Crippen molar-refractivity contribution in [2.24, 2.45) is 0 Å². The third-order valence-electron chi connectivity index (χ3n) is 9.07. The minimum atomic E-state index is -0.854. The second-order valence-electron chi connectivity index (χ2n) is 11.3. The van der Waals surface area contributed by atoms with Crippen molar-refractivity contribution in [3.63, 3.8) is 0 Å². The molecule has 2 N–H and O–H groups in total. The van der Waals surface area contributed by atoms with Crippen molar-refractivity contribution in [2.45, 2.75) is 75.3 Å². The largest absolute Gasteiger partial charge is 0.461 e. The van der Waals surface area contributed by atoms with Gasteiger partial charge in [-0.05, 0) is 49.8 Å². The Hall–Kier alpha value is -3.29. The summed E-state index contributed by atoms with van der Waals surface area (Å²) in [5.74, 6) is 0.705. The van der Waals surface area contributed by atoms with E-state index in [1.54, 1.807) is 13.1 Å². The highest BCUT2D eigenvalue weighted by molar-refractivity contribution is 5.74. The van der Waals surface area contributed by atoms with Crippen molar-refractivity contribution in [1.82, 2.24) is 14.9 Å². The molecule has 4 aliphatic rings. The van der Waals surface area contributed by atoms with Gasteiger partial charge in [-0.1, -0.05) is 13.0 Å². The molecule has 4 atom stereocenters. The van der Waals surface area contributed by atoms with Gasteiger partial charge in [0.1, 0.15) is 30.3 Å². The Morgan fingerprint density at radius 3 is 3.03 bits per heavy atom. The fourth-order valence-corrected chi connectivity index (χ4v) is 7.08. The number of aromatic nitrogens is 2. The molecule has 1 spiro atoms. The first-order chi connectivity index (χ1) is 18.3. The minimum Gasteiger partial charge on any atom is -0.461 e. The van der Waals surface area contributed by atoms with Gasteiger partial charge in [-0.25, -0.2) is 4.39 Å². The van der Waals surface area contributed by atoms with Crippen LogP contribution in [0.15, 0.2) is 12.1 Å². The highest BCUT2D eigenvalue weighted by Crippen LogP contribution is 2.51. The van der Waals surface area contributed by atoms with E-state index in [4.69, 9.17) is 20.2 Å². The number of nitrogen functional groups attached to an aromatic ring is 1. The average molecular weight is 521 g/mol. The highest BCUT2D eigenvalue weighted by atomic mass is 19.1. The van der Waals surface area contributed by atoms with E-state index >= 15 is 0 Å². The summed E-state index contributed by atoms with van der Waals surface area (Å²) in [7, 11) is 1.64. The molecule has 1 aliphatic carbocycles. The Balaban J connectivity index is 1.39. The Morgan fingerprint density at radius 1 is 1.39 bits per heavy atom. The van der Waals surface area contributed by atoms with E-state index in [2.05, 4.69) is 22.9 Å². The number of carbonyl (C=O) groups is 1. The standard InChI is InChI=1S/C28H33FN6O3/c1-17-6-8-28(24-19(17)4-5-22(31)20(24)12-30)11-23-21(14-38-28)25(34(2)16-36)33-26(32-23)37-15-27-7-3-9-35(27)13-18(29)10-27/h4-5,16-18H,3,6-11,13-15,31H2,1-2H3/t17-,18+,27?,28-/m0/s1. The van der Waals surface area contributed by atoms with Crippen LogP contribution in [-0.2, 0) is 28.2 Å². The molecule has 1 amide bonds. The van der Waals surface area contributed by atoms with Crippen LogP contribution in [0, 0.1) is 11.3 Å². The summed E-state index contributed by atoms with van der Waals surface area (Å²) in [6.45, 7) is 3.96. The lowest BCUT2D eigenvalue weighted by molar-refractivity contribution is -0.107. The first-order valence-corrected chi connectivity index (χ1v) is 13.4. The summed E-state index contributed by atoms with van der Waals surface area (Å²) in [6, 6.07) is 6.28. The second kappa shape index (κ2) is 9.17. The number of benzene rings is 1. The zero-order valence-electron chi connectivity index (χ0n) is 21.9. The van der Waals surface area contributed by atoms with Crippen LogP contribution in [0.3, 0.4) is 0 Å². The van der Waals surface area contributed by atoms with Crippen molar-refractivity contribution in [3.8, 4) is 12.1 Å². The highest BCUT2D eigenvalue weighted by Gasteiger charge is 2.50. The van der Waals surface area contributed by atoms with Crippen molar-refractivity contribution < 1.29 is 18.7 Å². The lowest BCUT2D eigenvalue weighted by atomic mass is 9.69. The summed E-state index contributed by atoms with van der Waals surface area (Å²) in [6.07, 6.45) is 4.21. The second-order valence-corrected chi connectivity index (χ2v) is 11.3. The zero-order valence-corrected chi connectivity index (χ0v) is 21.9. The van der Waals surface area contributed by atoms with Crippen LogP contribution >= 0.6 is 0 Å². The molecular formula is C28H33FN6O3. The van der Waals surface area contributed by atoms with E-state index in [1.165, 1.54) is 4.90 Å². The molecule has 1 unspecified atom stereocenters. The van der Waals surface area contributed by atoms with E-state index in [0.29, 0.717) is 55.9 Å². The number of fused-ring (bicyclic) bond motifs is 4. The first-order valence-electron chi connectivity index (χ1n) is 13.4. The SMILES string of the molecule is C[C@H]1CC[C@]2(Cc3nc(OCC45CCCN4C[C@H](F)C5)nc(N(C)C=O)c3CO2)c2c1ccc(N)c2C#N. The topological polar surface area (TPSA) is 118 Å². The summed E-state index contributed by atoms with van der Waals surface area (Å²) >= 11 is 0. The fraction of sp³-hybridized carbons (Fsp3) is 0.571. The van der Waals surface area contributed by atoms with Crippen molar-refractivity contribution >= 4 is 17.9 Å². The van der Waals surface area contributed by atoms with E-state index in [-0.39, 0.29) is 24.1 Å². The first kappa shape index (κ1) is 25.0. The van der Waals surface area contributed by atoms with Crippen LogP contribution in [0.4, 0.5) is 15.9 Å². The van der Waals surface area contributed by atoms with Crippen LogP contribution in [0.1, 0.15) is 72.9 Å². The Morgan fingerprint density at radius 2 is 2.24 bits per heavy atom. The molecule has 2 fully saturated rings. The predicted octanol–water partition coefficient (Wildman–Crippen LogP) is 3.34. The van der Waals surface area contributed by atoms with E-state index in [1.807, 2.05) is 6.07 Å². The number of anilines is 2. The smallest absolute Gasteiger partial charge is 0.318 e. The van der Waals surface area contributed by atoms with Gasteiger partial charge in [0.2, 0.25) is 6.41 Å². The molecule has 0 saturated carbocycles. The molecule has 10 heteroatoms. The molecular weight excluding hydrogens is 487 g/mol. The molecule has 200 valence electrons. The van der Waals surface area contributed by atoms with Gasteiger partial charge in [-0.15, -0.1) is 0 Å². The number of amides is 1. The third-order valence-corrected chi connectivity index (χ3v) is 9.07. The molecule has 2 saturated heterocycles. The van der Waals surface area contributed by atoms with Gasteiger partial charge < -0.3 is 20.1 Å². The third kappa shape index (κ3) is 3.83. The van der Waals surface area contributed by atoms with Crippen molar-refractivity contribution in [2.75, 3.05) is 37.4 Å². The molecule has 2 aromatic rings. The van der Waals surface area contributed by atoms with Gasteiger partial charge in [0, 0.05) is 43.2 Å². The van der Waals surface area contributed by atoms with Crippen LogP contribution in [0.5, 0.6) is 6.01 Å². The van der Waals surface area contributed by atoms with Crippen molar-refractivity contribution in [1.29, 1.82) is 5.26 Å². The van der Waals surface area contributed by atoms with Gasteiger partial charge >= 0.3 is 6.01 Å². The molecule has 6 rings (SSSR count). The molecule has 4 heterocycles. The maximum Gasteiger partial charge on any atom is 0.318 e. The van der Waals surface area contributed by atoms with Crippen LogP contribution < -0.4 is 15.4 Å². The molecule has 1 aromatic carbocycles. The maximum atomic E-state index is 14.3. The normalized spacial score (nSPS) is 29.8. The van der Waals surface area contributed by atoms with Gasteiger partial charge in [-0.3, -0.25) is 9.69 Å². The number of ether oxygens (including phenoxy) is 2. The zero-order chi connectivity index (χ0) is 26.7. The summed E-state index contributed by atoms with van der Waals surface area (Å²) in [5.41, 5.74) is 9.41. The minimum absolute atomic E-state index is 0.172. The molecule has 0 bridgehead atoms. The molecule has 9 nitrogen and oxygen atoms in total. The van der Waals surface area contributed by atoms with Gasteiger partial charge in [0.25, 0.3) is 0 Å². The number of hydrogen-bond acceptors (Lipinski definition) is 8. The number of nitriles is 1. The number of carbonyl (C=O) groups excluding carboxylic acids is 1. The summed E-state index contributed by atoms with van der Waals surface area (Å²) in [4.78, 5) is 24.7. The van der Waals surface area contributed by atoms with Gasteiger partial charge in [-0.2, -0.15) is 15.2 Å². The molecule has 0 radical (unpaired) electrons. The Bertz CT molecular complexity index is 1330. The molecule has 1 aromatic heterocycles. The molecule has 3 aliphatic heterocycles. The number of hydrogen-bond donors (Lipinski definition) is 1. The number of nitrogens with zero attached hydrogens (tertiary/aromatic N) is 5. The quantitative estimate of drug-likeness (QED) is 0.471. The number of nitrogens with two attached hydrogens (primary N) is 1. The van der Waals surface area contributed by atoms with Crippen LogP contribution in [0.2, 0.25) is 0 Å². The lowest BCUT2D eigenvalue weighted by Crippen LogP contribution is -2.44. The lowest BCUT2D eigenvalue weighted by Gasteiger charge is -2.44. The number of rotatable bonds is 5. The van der Waals surface area contributed by atoms with Crippen LogP contribution in [-0.4, -0.2) is 59.7 Å². The monoisotopic (exact) mass is 520 g/mol. The Labute approximate surface area is 221 Å². The average Bonchev–Trinajstić information content (AvgIpc) is 3.44. The van der Waals surface area contributed by atoms with Crippen LogP contribution in [0.25, 0.3) is 0 Å². The molecule has 38 heavy (non-hydrogen) atoms. The Kier molecular flexibility index (Phi) is 6.04. The number of halogens is 1. The number of alkyl halides is 1. The predicted molar refractivity (Wildman–Crippen MR) is 138 cm³/mol. The summed E-state index contributed by atoms with van der Waals surface area (Å²) < 4.78 is 27.0.